The fraction of sp³-hybridized carbons (Fsp3) is 0.0625. The molecule has 3 rings (SSSR count). The Hall–Kier alpha value is -2.66. The van der Waals surface area contributed by atoms with Gasteiger partial charge in [-0.2, -0.15) is 5.10 Å². The zero-order valence-corrected chi connectivity index (χ0v) is 12.7. The van der Waals surface area contributed by atoms with Gasteiger partial charge in [0.25, 0.3) is 0 Å². The van der Waals surface area contributed by atoms with Crippen LogP contribution in [0, 0.1) is 6.92 Å². The fourth-order valence-corrected chi connectivity index (χ4v) is 2.21. The summed E-state index contributed by atoms with van der Waals surface area (Å²) in [6.45, 7) is 2.04. The van der Waals surface area contributed by atoms with Gasteiger partial charge >= 0.3 is 0 Å². The fourth-order valence-electron chi connectivity index (χ4n) is 2.02. The van der Waals surface area contributed by atoms with Gasteiger partial charge in [-0.3, -0.25) is 9.99 Å². The van der Waals surface area contributed by atoms with Gasteiger partial charge in [0, 0.05) is 11.9 Å². The number of rotatable bonds is 4. The molecule has 0 aliphatic rings. The van der Waals surface area contributed by atoms with Crippen molar-refractivity contribution in [2.45, 2.75) is 6.92 Å². The predicted octanol–water partition coefficient (Wildman–Crippen LogP) is 3.68. The first-order chi connectivity index (χ1) is 10.7. The van der Waals surface area contributed by atoms with Gasteiger partial charge in [-0.25, -0.2) is 9.97 Å². The number of benzene rings is 1. The van der Waals surface area contributed by atoms with E-state index in [4.69, 9.17) is 11.6 Å². The van der Waals surface area contributed by atoms with E-state index in [9.17, 15) is 0 Å². The molecule has 0 spiro atoms. The molecule has 22 heavy (non-hydrogen) atoms. The van der Waals surface area contributed by atoms with Gasteiger partial charge < -0.3 is 0 Å². The van der Waals surface area contributed by atoms with Gasteiger partial charge in [0.1, 0.15) is 17.8 Å². The van der Waals surface area contributed by atoms with Crippen LogP contribution in [0.25, 0.3) is 5.69 Å². The molecule has 6 heteroatoms. The van der Waals surface area contributed by atoms with Gasteiger partial charge in [0.15, 0.2) is 5.15 Å². The molecule has 0 amide bonds. The van der Waals surface area contributed by atoms with Crippen molar-refractivity contribution in [3.63, 3.8) is 0 Å². The number of hydrogen-bond donors (Lipinski definition) is 1. The second-order valence-electron chi connectivity index (χ2n) is 4.71. The molecule has 0 unspecified atom stereocenters. The summed E-state index contributed by atoms with van der Waals surface area (Å²) in [7, 11) is 0. The molecule has 1 aromatic carbocycles. The Morgan fingerprint density at radius 2 is 2.09 bits per heavy atom. The van der Waals surface area contributed by atoms with Crippen molar-refractivity contribution in [2.75, 3.05) is 5.43 Å². The lowest BCUT2D eigenvalue weighted by Gasteiger charge is -2.06. The van der Waals surface area contributed by atoms with Crippen LogP contribution in [-0.2, 0) is 0 Å². The third-order valence-corrected chi connectivity index (χ3v) is 3.36. The number of halogens is 1. The van der Waals surface area contributed by atoms with Crippen molar-refractivity contribution in [2.24, 2.45) is 5.10 Å². The highest BCUT2D eigenvalue weighted by atomic mass is 35.5. The molecule has 110 valence electrons. The first-order valence-corrected chi connectivity index (χ1v) is 7.12. The number of nitrogens with one attached hydrogen (secondary N) is 1. The molecule has 0 saturated heterocycles. The number of pyridine rings is 1. The minimum absolute atomic E-state index is 0.396. The average molecular weight is 312 g/mol. The largest absolute Gasteiger partial charge is 0.297 e. The zero-order chi connectivity index (χ0) is 15.4. The lowest BCUT2D eigenvalue weighted by molar-refractivity contribution is 1.04. The number of imidazole rings is 1. The van der Waals surface area contributed by atoms with E-state index in [0.29, 0.717) is 16.7 Å². The molecule has 0 bridgehead atoms. The van der Waals surface area contributed by atoms with E-state index < -0.39 is 0 Å². The standard InChI is InChI=1S/C16H14ClN5/c1-12-5-4-6-13(9-12)22-11-19-16(17)14(22)10-20-21-15-7-2-3-8-18-15/h2-11H,1H3,(H,18,21)/b20-10-. The molecular formula is C16H14ClN5. The van der Waals surface area contributed by atoms with Crippen LogP contribution in [0.4, 0.5) is 5.82 Å². The van der Waals surface area contributed by atoms with Crippen LogP contribution in [0.15, 0.2) is 60.1 Å². The number of anilines is 1. The van der Waals surface area contributed by atoms with E-state index >= 15 is 0 Å². The lowest BCUT2D eigenvalue weighted by Crippen LogP contribution is -2.00. The molecule has 2 heterocycles. The highest BCUT2D eigenvalue weighted by Gasteiger charge is 2.08. The molecule has 5 nitrogen and oxygen atoms in total. The summed E-state index contributed by atoms with van der Waals surface area (Å²) >= 11 is 6.15. The molecule has 3 aromatic rings. The molecular weight excluding hydrogens is 298 g/mol. The van der Waals surface area contributed by atoms with Crippen LogP contribution in [0.1, 0.15) is 11.3 Å². The first kappa shape index (κ1) is 14.3. The molecule has 0 aliphatic heterocycles. The van der Waals surface area contributed by atoms with Crippen molar-refractivity contribution >= 4 is 23.6 Å². The summed E-state index contributed by atoms with van der Waals surface area (Å²) in [5.41, 5.74) is 5.71. The minimum atomic E-state index is 0.396. The van der Waals surface area contributed by atoms with Crippen molar-refractivity contribution in [1.29, 1.82) is 0 Å². The summed E-state index contributed by atoms with van der Waals surface area (Å²) in [5, 5.41) is 4.57. The summed E-state index contributed by atoms with van der Waals surface area (Å²) in [6, 6.07) is 13.6. The minimum Gasteiger partial charge on any atom is -0.297 e. The van der Waals surface area contributed by atoms with Gasteiger partial charge in [0.05, 0.1) is 6.21 Å². The number of hydrogen-bond acceptors (Lipinski definition) is 4. The maximum Gasteiger partial charge on any atom is 0.156 e. The van der Waals surface area contributed by atoms with Crippen LogP contribution >= 0.6 is 11.6 Å². The molecule has 2 aromatic heterocycles. The van der Waals surface area contributed by atoms with Gasteiger partial charge in [-0.1, -0.05) is 29.8 Å². The molecule has 0 aliphatic carbocycles. The van der Waals surface area contributed by atoms with E-state index in [2.05, 4.69) is 26.6 Å². The van der Waals surface area contributed by atoms with Crippen LogP contribution in [-0.4, -0.2) is 20.7 Å². The second kappa shape index (κ2) is 6.41. The highest BCUT2D eigenvalue weighted by Crippen LogP contribution is 2.18. The van der Waals surface area contributed by atoms with E-state index in [0.717, 1.165) is 11.3 Å². The van der Waals surface area contributed by atoms with Crippen LogP contribution in [0.3, 0.4) is 0 Å². The topological polar surface area (TPSA) is 55.1 Å². The lowest BCUT2D eigenvalue weighted by atomic mass is 10.2. The Morgan fingerprint density at radius 3 is 2.86 bits per heavy atom. The summed E-state index contributed by atoms with van der Waals surface area (Å²) < 4.78 is 1.89. The number of aromatic nitrogens is 3. The number of nitrogens with zero attached hydrogens (tertiary/aromatic N) is 4. The number of hydrazone groups is 1. The third-order valence-electron chi connectivity index (χ3n) is 3.07. The first-order valence-electron chi connectivity index (χ1n) is 6.74. The Kier molecular flexibility index (Phi) is 4.16. The van der Waals surface area contributed by atoms with E-state index in [1.165, 1.54) is 0 Å². The van der Waals surface area contributed by atoms with Crippen LogP contribution in [0.5, 0.6) is 0 Å². The van der Waals surface area contributed by atoms with Gasteiger partial charge in [0.2, 0.25) is 0 Å². The Balaban J connectivity index is 1.86. The van der Waals surface area contributed by atoms with Crippen LogP contribution in [0.2, 0.25) is 5.15 Å². The molecule has 0 radical (unpaired) electrons. The third kappa shape index (κ3) is 3.15. The second-order valence-corrected chi connectivity index (χ2v) is 5.07. The van der Waals surface area contributed by atoms with Crippen molar-refractivity contribution < 1.29 is 0 Å². The summed E-state index contributed by atoms with van der Waals surface area (Å²) in [5.74, 6) is 0.663. The van der Waals surface area contributed by atoms with Crippen molar-refractivity contribution in [3.8, 4) is 5.69 Å². The highest BCUT2D eigenvalue weighted by molar-refractivity contribution is 6.31. The van der Waals surface area contributed by atoms with E-state index in [-0.39, 0.29) is 0 Å². The smallest absolute Gasteiger partial charge is 0.156 e. The molecule has 0 saturated carbocycles. The summed E-state index contributed by atoms with van der Waals surface area (Å²) in [6.07, 6.45) is 5.01. The molecule has 0 atom stereocenters. The monoisotopic (exact) mass is 311 g/mol. The molecule has 1 N–H and O–H groups in total. The summed E-state index contributed by atoms with van der Waals surface area (Å²) in [4.78, 5) is 8.27. The SMILES string of the molecule is Cc1cccc(-n2cnc(Cl)c2/C=N\Nc2ccccn2)c1. The van der Waals surface area contributed by atoms with Gasteiger partial charge in [-0.15, -0.1) is 0 Å². The zero-order valence-electron chi connectivity index (χ0n) is 11.9. The Bertz CT molecular complexity index is 795. The normalized spacial score (nSPS) is 11.0. The van der Waals surface area contributed by atoms with Crippen LogP contribution < -0.4 is 5.43 Å². The molecule has 0 fully saturated rings. The Labute approximate surface area is 133 Å². The van der Waals surface area contributed by atoms with E-state index in [1.807, 2.05) is 47.9 Å². The average Bonchev–Trinajstić information content (AvgIpc) is 2.90. The van der Waals surface area contributed by atoms with Crippen molar-refractivity contribution in [1.82, 2.24) is 14.5 Å². The quantitative estimate of drug-likeness (QED) is 0.591. The Morgan fingerprint density at radius 1 is 1.18 bits per heavy atom. The number of aryl methyl sites for hydroxylation is 1. The van der Waals surface area contributed by atoms with Gasteiger partial charge in [-0.05, 0) is 36.8 Å². The van der Waals surface area contributed by atoms with E-state index in [1.54, 1.807) is 18.7 Å². The maximum atomic E-state index is 6.15. The van der Waals surface area contributed by atoms with Crippen molar-refractivity contribution in [3.05, 3.63) is 71.4 Å². The maximum absolute atomic E-state index is 6.15. The predicted molar refractivity (Wildman–Crippen MR) is 88.8 cm³/mol.